The Morgan fingerprint density at radius 2 is 1.83 bits per heavy atom. The van der Waals surface area contributed by atoms with Crippen LogP contribution in [0.25, 0.3) is 0 Å². The van der Waals surface area contributed by atoms with Gasteiger partial charge in [0, 0.05) is 13.1 Å². The van der Waals surface area contributed by atoms with Gasteiger partial charge in [-0.3, -0.25) is 9.00 Å². The lowest BCUT2D eigenvalue weighted by Gasteiger charge is -2.29. The van der Waals surface area contributed by atoms with Crippen LogP contribution in [-0.2, 0) is 14.7 Å². The molecule has 0 aliphatic carbocycles. The van der Waals surface area contributed by atoms with Crippen molar-refractivity contribution < 1.29 is 13.7 Å². The molecule has 0 aromatic rings. The molecule has 1 saturated heterocycles. The van der Waals surface area contributed by atoms with E-state index in [0.717, 1.165) is 0 Å². The van der Waals surface area contributed by atoms with Gasteiger partial charge >= 0.3 is 0 Å². The maximum absolute atomic E-state index is 11.4. The van der Waals surface area contributed by atoms with E-state index in [1.54, 1.807) is 4.90 Å². The van der Waals surface area contributed by atoms with Gasteiger partial charge in [0.25, 0.3) is 5.24 Å². The monoisotopic (exact) mass is 193 g/mol. The van der Waals surface area contributed by atoms with Crippen molar-refractivity contribution in [1.29, 1.82) is 0 Å². The largest absolute Gasteiger partial charge is 0.378 e. The second kappa shape index (κ2) is 3.53. The number of hydrogen-bond donors (Lipinski definition) is 1. The third-order valence-electron chi connectivity index (χ3n) is 1.74. The van der Waals surface area contributed by atoms with E-state index in [2.05, 4.69) is 0 Å². The minimum absolute atomic E-state index is 0.217. The van der Waals surface area contributed by atoms with Gasteiger partial charge in [0.15, 0.2) is 0 Å². The number of rotatable bonds is 0. The molecule has 1 fully saturated rings. The lowest BCUT2D eigenvalue weighted by atomic mass is 10.5. The summed E-state index contributed by atoms with van der Waals surface area (Å²) < 4.78 is 16.5. The first-order chi connectivity index (χ1) is 5.52. The summed E-state index contributed by atoms with van der Waals surface area (Å²) in [5.41, 5.74) is 0. The Hall–Kier alpha value is -0.420. The zero-order valence-corrected chi connectivity index (χ0v) is 8.34. The highest BCUT2D eigenvalue weighted by Gasteiger charge is 2.22. The van der Waals surface area contributed by atoms with E-state index in [1.165, 1.54) is 12.5 Å². The van der Waals surface area contributed by atoms with Gasteiger partial charge < -0.3 is 9.64 Å². The summed E-state index contributed by atoms with van der Waals surface area (Å²) in [5.74, 6) is 0. The average Bonchev–Trinajstić information content (AvgIpc) is 2.03. The number of ether oxygens (including phenoxy) is 1. The third-order valence-corrected chi connectivity index (χ3v) is 2.95. The van der Waals surface area contributed by atoms with Crippen LogP contribution in [0.2, 0.25) is 0 Å². The maximum Gasteiger partial charge on any atom is 0.288 e. The second-order valence-corrected chi connectivity index (χ2v) is 6.32. The van der Waals surface area contributed by atoms with Crippen LogP contribution in [-0.4, -0.2) is 53.2 Å². The van der Waals surface area contributed by atoms with Crippen LogP contribution in [0.15, 0.2) is 0 Å². The number of carbonyl (C=O) groups is 1. The lowest BCUT2D eigenvalue weighted by Crippen LogP contribution is -2.44. The topological polar surface area (TPSA) is 46.6 Å². The van der Waals surface area contributed by atoms with Crippen LogP contribution in [0.3, 0.4) is 0 Å². The molecule has 1 rings (SSSR count). The van der Waals surface area contributed by atoms with Gasteiger partial charge in [-0.25, -0.2) is 0 Å². The van der Waals surface area contributed by atoms with Crippen molar-refractivity contribution in [3.8, 4) is 0 Å². The van der Waals surface area contributed by atoms with E-state index in [1.807, 2.05) is 0 Å². The van der Waals surface area contributed by atoms with Gasteiger partial charge in [-0.2, -0.15) is 0 Å². The molecule has 0 bridgehead atoms. The number of amides is 1. The predicted octanol–water partition coefficient (Wildman–Crippen LogP) is -0.285. The molecule has 1 amide bonds. The van der Waals surface area contributed by atoms with E-state index in [9.17, 15) is 9.00 Å². The number of thiol groups is 1. The molecular formula is C7H15NO3S. The SMILES string of the molecule is C[SH](C)(=O)C(=O)N1CCOCC1. The van der Waals surface area contributed by atoms with Crippen LogP contribution in [0.5, 0.6) is 0 Å². The molecule has 1 heterocycles. The molecule has 0 N–H and O–H groups in total. The number of nitrogens with zero attached hydrogens (tertiary/aromatic N) is 1. The Morgan fingerprint density at radius 3 is 2.25 bits per heavy atom. The van der Waals surface area contributed by atoms with Gasteiger partial charge in [-0.1, -0.05) is 0 Å². The normalized spacial score (nSPS) is 20.7. The Balaban J connectivity index is 2.57. The molecule has 1 aliphatic heterocycles. The van der Waals surface area contributed by atoms with E-state index < -0.39 is 9.93 Å². The molecule has 0 unspecified atom stereocenters. The van der Waals surface area contributed by atoms with Crippen molar-refractivity contribution in [3.05, 3.63) is 0 Å². The highest BCUT2D eigenvalue weighted by molar-refractivity contribution is 8.15. The smallest absolute Gasteiger partial charge is 0.288 e. The zero-order valence-electron chi connectivity index (χ0n) is 7.45. The Labute approximate surface area is 73.3 Å². The molecular weight excluding hydrogens is 178 g/mol. The van der Waals surface area contributed by atoms with E-state index >= 15 is 0 Å². The first-order valence-electron chi connectivity index (χ1n) is 3.94. The second-order valence-electron chi connectivity index (χ2n) is 3.23. The Bertz CT molecular complexity index is 217. The molecule has 0 atom stereocenters. The van der Waals surface area contributed by atoms with E-state index in [-0.39, 0.29) is 5.24 Å². The van der Waals surface area contributed by atoms with Crippen molar-refractivity contribution in [1.82, 2.24) is 4.90 Å². The molecule has 1 aliphatic rings. The lowest BCUT2D eigenvalue weighted by molar-refractivity contribution is 0.0589. The van der Waals surface area contributed by atoms with Crippen LogP contribution in [0, 0.1) is 0 Å². The maximum atomic E-state index is 11.4. The molecule has 0 saturated carbocycles. The minimum Gasteiger partial charge on any atom is -0.378 e. The van der Waals surface area contributed by atoms with E-state index in [0.29, 0.717) is 26.3 Å². The molecule has 0 aromatic carbocycles. The molecule has 12 heavy (non-hydrogen) atoms. The molecule has 0 radical (unpaired) electrons. The average molecular weight is 193 g/mol. The van der Waals surface area contributed by atoms with Crippen LogP contribution >= 0.6 is 0 Å². The minimum atomic E-state index is -2.59. The fraction of sp³-hybridized carbons (Fsp3) is 0.857. The summed E-state index contributed by atoms with van der Waals surface area (Å²) in [6, 6.07) is 0. The van der Waals surface area contributed by atoms with Crippen molar-refractivity contribution in [3.63, 3.8) is 0 Å². The fourth-order valence-corrected chi connectivity index (χ4v) is 1.98. The standard InChI is InChI=1S/C7H15NO3S/c1-12(2,10)7(9)8-3-5-11-6-4-8/h12H,3-6H2,1-2H3. The summed E-state index contributed by atoms with van der Waals surface area (Å²) in [7, 11) is -2.59. The van der Waals surface area contributed by atoms with Gasteiger partial charge in [-0.15, -0.1) is 0 Å². The zero-order chi connectivity index (χ0) is 9.19. The third kappa shape index (κ3) is 2.28. The molecule has 72 valence electrons. The highest BCUT2D eigenvalue weighted by Crippen LogP contribution is 2.06. The summed E-state index contributed by atoms with van der Waals surface area (Å²) in [6.07, 6.45) is 3.01. The molecule has 4 nitrogen and oxygen atoms in total. The van der Waals surface area contributed by atoms with Gasteiger partial charge in [-0.05, 0) is 22.4 Å². The van der Waals surface area contributed by atoms with E-state index in [4.69, 9.17) is 4.74 Å². The van der Waals surface area contributed by atoms with Gasteiger partial charge in [0.1, 0.15) is 0 Å². The summed E-state index contributed by atoms with van der Waals surface area (Å²) in [5, 5.41) is -0.217. The molecule has 5 heteroatoms. The Morgan fingerprint density at radius 1 is 1.33 bits per heavy atom. The highest BCUT2D eigenvalue weighted by atomic mass is 32.2. The first kappa shape index (κ1) is 9.67. The van der Waals surface area contributed by atoms with Crippen LogP contribution in [0.1, 0.15) is 0 Å². The summed E-state index contributed by atoms with van der Waals surface area (Å²) in [4.78, 5) is 13.0. The van der Waals surface area contributed by atoms with Crippen molar-refractivity contribution in [2.75, 3.05) is 38.8 Å². The van der Waals surface area contributed by atoms with Crippen molar-refractivity contribution in [2.45, 2.75) is 0 Å². The quantitative estimate of drug-likeness (QED) is 0.538. The number of carbonyl (C=O) groups excluding carboxylic acids is 1. The summed E-state index contributed by atoms with van der Waals surface area (Å²) in [6.45, 7) is 2.27. The van der Waals surface area contributed by atoms with Gasteiger partial charge in [0.2, 0.25) is 0 Å². The molecule has 0 spiro atoms. The summed E-state index contributed by atoms with van der Waals surface area (Å²) >= 11 is 0. The first-order valence-corrected chi connectivity index (χ1v) is 6.54. The Kier molecular flexibility index (Phi) is 2.85. The predicted molar refractivity (Wildman–Crippen MR) is 49.2 cm³/mol. The van der Waals surface area contributed by atoms with Crippen LogP contribution < -0.4 is 0 Å². The van der Waals surface area contributed by atoms with Crippen molar-refractivity contribution in [2.24, 2.45) is 0 Å². The fourth-order valence-electron chi connectivity index (χ4n) is 1.10. The number of morpholine rings is 1. The van der Waals surface area contributed by atoms with Crippen LogP contribution in [0.4, 0.5) is 4.79 Å². The van der Waals surface area contributed by atoms with Crippen molar-refractivity contribution >= 4 is 15.2 Å². The molecule has 0 aromatic heterocycles. The number of hydrogen-bond acceptors (Lipinski definition) is 3. The van der Waals surface area contributed by atoms with Gasteiger partial charge in [0.05, 0.1) is 13.2 Å².